The van der Waals surface area contributed by atoms with Crippen molar-refractivity contribution in [2.45, 2.75) is 26.3 Å². The van der Waals surface area contributed by atoms with E-state index in [0.717, 1.165) is 28.0 Å². The average Bonchev–Trinajstić information content (AvgIpc) is 3.20. The number of ether oxygens (including phenoxy) is 3. The quantitative estimate of drug-likeness (QED) is 0.595. The molecule has 6 nitrogen and oxygen atoms in total. The predicted octanol–water partition coefficient (Wildman–Crippen LogP) is 5.34. The molecule has 0 aromatic heterocycles. The summed E-state index contributed by atoms with van der Waals surface area (Å²) in [6.45, 7) is 7.26. The van der Waals surface area contributed by atoms with E-state index in [1.165, 1.54) is 0 Å². The van der Waals surface area contributed by atoms with E-state index in [2.05, 4.69) is 32.9 Å². The topological polar surface area (TPSA) is 89.9 Å². The molecule has 0 radical (unpaired) electrons. The minimum atomic E-state index is -0.823. The Morgan fingerprint density at radius 3 is 2.30 bits per heavy atom. The first-order valence-electron chi connectivity index (χ1n) is 10.9. The van der Waals surface area contributed by atoms with Gasteiger partial charge in [-0.05, 0) is 59.0 Å². The van der Waals surface area contributed by atoms with Gasteiger partial charge in [0.1, 0.15) is 23.9 Å². The third kappa shape index (κ3) is 3.76. The Bertz CT molecular complexity index is 1300. The van der Waals surface area contributed by atoms with Gasteiger partial charge in [0.25, 0.3) is 6.02 Å². The Balaban J connectivity index is 1.61. The molecule has 1 unspecified atom stereocenters. The summed E-state index contributed by atoms with van der Waals surface area (Å²) in [5, 5.41) is 9.10. The van der Waals surface area contributed by atoms with Crippen LogP contribution < -0.4 is 15.2 Å². The van der Waals surface area contributed by atoms with E-state index < -0.39 is 5.54 Å². The molecule has 0 bridgehead atoms. The van der Waals surface area contributed by atoms with Crippen LogP contribution >= 0.6 is 0 Å². The summed E-state index contributed by atoms with van der Waals surface area (Å²) < 4.78 is 18.0. The number of hydrogen-bond acceptors (Lipinski definition) is 6. The van der Waals surface area contributed by atoms with E-state index in [0.29, 0.717) is 23.7 Å². The Hall–Kier alpha value is -3.98. The number of amidine groups is 1. The lowest BCUT2D eigenvalue weighted by Crippen LogP contribution is -2.31. The van der Waals surface area contributed by atoms with Crippen LogP contribution in [-0.4, -0.2) is 19.2 Å². The maximum absolute atomic E-state index is 9.10. The van der Waals surface area contributed by atoms with Gasteiger partial charge in [-0.25, -0.2) is 4.99 Å². The number of nitrogens with two attached hydrogens (primary N) is 1. The van der Waals surface area contributed by atoms with E-state index in [1.807, 2.05) is 54.6 Å². The molecule has 166 valence electrons. The fourth-order valence-corrected chi connectivity index (χ4v) is 4.14. The van der Waals surface area contributed by atoms with Crippen LogP contribution in [0.2, 0.25) is 0 Å². The molecule has 0 amide bonds. The van der Waals surface area contributed by atoms with Crippen LogP contribution in [0.15, 0.2) is 65.7 Å². The Morgan fingerprint density at radius 1 is 1.00 bits per heavy atom. The van der Waals surface area contributed by atoms with Gasteiger partial charge in [-0.1, -0.05) is 39.0 Å². The summed E-state index contributed by atoms with van der Waals surface area (Å²) in [4.78, 5) is 4.77. The molecule has 2 aliphatic rings. The molecule has 3 aromatic rings. The normalized spacial score (nSPS) is 18.4. The summed E-state index contributed by atoms with van der Waals surface area (Å²) in [7, 11) is 0. The molecule has 2 aliphatic heterocycles. The standard InChI is InChI=1S/C27H25N3O3/c1-26(2,3)15-31-20-9-11-24-22(13-20)27(16-32-25(29)30-27)21-12-19(8-10-23(21)33-24)18-6-4-17(14-28)5-7-18/h4-13H,15-16H2,1-3H3,(H2,29,30). The summed E-state index contributed by atoms with van der Waals surface area (Å²) in [6.07, 6.45) is 0. The Morgan fingerprint density at radius 2 is 1.67 bits per heavy atom. The van der Waals surface area contributed by atoms with Gasteiger partial charge in [0.2, 0.25) is 0 Å². The number of nitriles is 1. The zero-order valence-electron chi connectivity index (χ0n) is 18.9. The molecule has 1 atom stereocenters. The van der Waals surface area contributed by atoms with E-state index in [4.69, 9.17) is 30.2 Å². The average molecular weight is 440 g/mol. The number of fused-ring (bicyclic) bond motifs is 4. The molecule has 0 saturated carbocycles. The fourth-order valence-electron chi connectivity index (χ4n) is 4.14. The second-order valence-corrected chi connectivity index (χ2v) is 9.61. The maximum atomic E-state index is 9.10. The van der Waals surface area contributed by atoms with Crippen LogP contribution in [0.25, 0.3) is 11.1 Å². The van der Waals surface area contributed by atoms with Crippen molar-refractivity contribution in [1.82, 2.24) is 0 Å². The van der Waals surface area contributed by atoms with E-state index in [1.54, 1.807) is 0 Å². The molecular weight excluding hydrogens is 414 g/mol. The predicted molar refractivity (Wildman–Crippen MR) is 126 cm³/mol. The summed E-state index contributed by atoms with van der Waals surface area (Å²) in [5.41, 5.74) is 9.57. The van der Waals surface area contributed by atoms with Gasteiger partial charge >= 0.3 is 0 Å². The summed E-state index contributed by atoms with van der Waals surface area (Å²) in [6, 6.07) is 21.6. The SMILES string of the molecule is CC(C)(C)COc1ccc2c(c1)C1(COC(N)=N1)c1cc(-c3ccc(C#N)cc3)ccc1O2. The van der Waals surface area contributed by atoms with Gasteiger partial charge in [0.05, 0.1) is 18.2 Å². The highest BCUT2D eigenvalue weighted by Gasteiger charge is 2.47. The first kappa shape index (κ1) is 20.9. The molecule has 1 spiro atoms. The molecule has 0 saturated heterocycles. The van der Waals surface area contributed by atoms with E-state index in [-0.39, 0.29) is 18.0 Å². The Labute approximate surface area is 193 Å². The van der Waals surface area contributed by atoms with E-state index in [9.17, 15) is 0 Å². The molecule has 0 fully saturated rings. The number of aliphatic imine (C=N–C) groups is 1. The lowest BCUT2D eigenvalue weighted by molar-refractivity contribution is 0.197. The van der Waals surface area contributed by atoms with Crippen LogP contribution in [-0.2, 0) is 10.3 Å². The second-order valence-electron chi connectivity index (χ2n) is 9.61. The number of hydrogen-bond donors (Lipinski definition) is 1. The first-order valence-corrected chi connectivity index (χ1v) is 10.9. The monoisotopic (exact) mass is 439 g/mol. The van der Waals surface area contributed by atoms with Crippen molar-refractivity contribution in [3.05, 3.63) is 77.4 Å². The third-order valence-corrected chi connectivity index (χ3v) is 5.79. The number of nitrogens with zero attached hydrogens (tertiary/aromatic N) is 2. The molecule has 2 heterocycles. The van der Waals surface area contributed by atoms with Crippen molar-refractivity contribution in [3.8, 4) is 34.4 Å². The highest BCUT2D eigenvalue weighted by atomic mass is 16.5. The lowest BCUT2D eigenvalue weighted by atomic mass is 9.80. The van der Waals surface area contributed by atoms with Crippen molar-refractivity contribution in [3.63, 3.8) is 0 Å². The zero-order chi connectivity index (χ0) is 23.2. The lowest BCUT2D eigenvalue weighted by Gasteiger charge is -2.34. The van der Waals surface area contributed by atoms with Crippen molar-refractivity contribution >= 4 is 6.02 Å². The van der Waals surface area contributed by atoms with Gasteiger partial charge < -0.3 is 19.9 Å². The van der Waals surface area contributed by atoms with Crippen molar-refractivity contribution in [1.29, 1.82) is 5.26 Å². The first-order chi connectivity index (χ1) is 15.8. The van der Waals surface area contributed by atoms with Crippen molar-refractivity contribution in [2.24, 2.45) is 16.1 Å². The van der Waals surface area contributed by atoms with Gasteiger partial charge in [0, 0.05) is 11.1 Å². The number of benzene rings is 3. The third-order valence-electron chi connectivity index (χ3n) is 5.79. The van der Waals surface area contributed by atoms with Gasteiger partial charge in [-0.15, -0.1) is 0 Å². The molecule has 2 N–H and O–H groups in total. The molecule has 0 aliphatic carbocycles. The van der Waals surface area contributed by atoms with Gasteiger partial charge in [0.15, 0.2) is 5.54 Å². The summed E-state index contributed by atoms with van der Waals surface area (Å²) >= 11 is 0. The fraction of sp³-hybridized carbons (Fsp3) is 0.259. The Kier molecular flexibility index (Phi) is 4.79. The number of rotatable bonds is 3. The molecular formula is C27H25N3O3. The van der Waals surface area contributed by atoms with Crippen LogP contribution in [0.3, 0.4) is 0 Å². The van der Waals surface area contributed by atoms with Crippen molar-refractivity contribution in [2.75, 3.05) is 13.2 Å². The largest absolute Gasteiger partial charge is 0.493 e. The van der Waals surface area contributed by atoms with Gasteiger partial charge in [-0.3, -0.25) is 0 Å². The second kappa shape index (κ2) is 7.56. The minimum Gasteiger partial charge on any atom is -0.493 e. The van der Waals surface area contributed by atoms with Crippen molar-refractivity contribution < 1.29 is 14.2 Å². The molecule has 6 heteroatoms. The smallest absolute Gasteiger partial charge is 0.283 e. The minimum absolute atomic E-state index is 0.0335. The maximum Gasteiger partial charge on any atom is 0.283 e. The van der Waals surface area contributed by atoms with Crippen LogP contribution in [0, 0.1) is 16.7 Å². The molecule has 33 heavy (non-hydrogen) atoms. The van der Waals surface area contributed by atoms with Gasteiger partial charge in [-0.2, -0.15) is 5.26 Å². The van der Waals surface area contributed by atoms with Crippen LogP contribution in [0.1, 0.15) is 37.5 Å². The summed E-state index contributed by atoms with van der Waals surface area (Å²) in [5.74, 6) is 2.17. The van der Waals surface area contributed by atoms with Crippen LogP contribution in [0.4, 0.5) is 0 Å². The molecule has 3 aromatic carbocycles. The zero-order valence-corrected chi connectivity index (χ0v) is 18.9. The molecule has 5 rings (SSSR count). The highest BCUT2D eigenvalue weighted by molar-refractivity contribution is 5.78. The van der Waals surface area contributed by atoms with Crippen LogP contribution in [0.5, 0.6) is 17.2 Å². The highest BCUT2D eigenvalue weighted by Crippen LogP contribution is 2.52. The van der Waals surface area contributed by atoms with E-state index >= 15 is 0 Å².